The molecule has 0 aromatic heterocycles. The van der Waals surface area contributed by atoms with E-state index < -0.39 is 0 Å². The Bertz CT molecular complexity index is 479. The molecule has 0 fully saturated rings. The zero-order chi connectivity index (χ0) is 12.1. The van der Waals surface area contributed by atoms with Crippen molar-refractivity contribution < 1.29 is 4.79 Å². The van der Waals surface area contributed by atoms with E-state index >= 15 is 0 Å². The standard InChI is InChI=1S/C15H15NO/c1-12(17)15(13-8-4-2-5-9-13)16-14-10-6-3-7-11-14/h2-11,15-16H,1H3. The highest BCUT2D eigenvalue weighted by Gasteiger charge is 2.15. The number of hydrogen-bond donors (Lipinski definition) is 1. The zero-order valence-corrected chi connectivity index (χ0v) is 9.76. The topological polar surface area (TPSA) is 29.1 Å². The van der Waals surface area contributed by atoms with Crippen LogP contribution in [0.3, 0.4) is 0 Å². The van der Waals surface area contributed by atoms with Crippen LogP contribution in [0.15, 0.2) is 60.7 Å². The Hall–Kier alpha value is -2.09. The summed E-state index contributed by atoms with van der Waals surface area (Å²) in [4.78, 5) is 11.7. The second kappa shape index (κ2) is 5.30. The summed E-state index contributed by atoms with van der Waals surface area (Å²) < 4.78 is 0. The van der Waals surface area contributed by atoms with Gasteiger partial charge in [0, 0.05) is 5.69 Å². The van der Waals surface area contributed by atoms with Gasteiger partial charge in [-0.3, -0.25) is 4.79 Å². The van der Waals surface area contributed by atoms with Crippen LogP contribution in [0.4, 0.5) is 5.69 Å². The summed E-state index contributed by atoms with van der Waals surface area (Å²) in [6, 6.07) is 19.2. The average molecular weight is 225 g/mol. The molecule has 0 spiro atoms. The van der Waals surface area contributed by atoms with E-state index in [1.807, 2.05) is 60.7 Å². The van der Waals surface area contributed by atoms with Gasteiger partial charge in [0.05, 0.1) is 0 Å². The number of nitrogens with one attached hydrogen (secondary N) is 1. The molecular weight excluding hydrogens is 210 g/mol. The first-order valence-electron chi connectivity index (χ1n) is 5.64. The number of ketones is 1. The molecule has 0 aliphatic carbocycles. The van der Waals surface area contributed by atoms with E-state index in [1.54, 1.807) is 6.92 Å². The maximum atomic E-state index is 11.7. The predicted octanol–water partition coefficient (Wildman–Crippen LogP) is 3.43. The molecule has 0 saturated carbocycles. The van der Waals surface area contributed by atoms with E-state index in [4.69, 9.17) is 0 Å². The molecule has 2 rings (SSSR count). The molecule has 2 heteroatoms. The van der Waals surface area contributed by atoms with Gasteiger partial charge in [0.25, 0.3) is 0 Å². The molecular formula is C15H15NO. The van der Waals surface area contributed by atoms with Gasteiger partial charge in [0.2, 0.25) is 0 Å². The van der Waals surface area contributed by atoms with Crippen molar-refractivity contribution in [1.29, 1.82) is 0 Å². The van der Waals surface area contributed by atoms with Gasteiger partial charge in [0.15, 0.2) is 5.78 Å². The Labute approximate surface area is 101 Å². The third-order valence-electron chi connectivity index (χ3n) is 2.62. The number of anilines is 1. The Morgan fingerprint density at radius 3 is 2.00 bits per heavy atom. The van der Waals surface area contributed by atoms with Gasteiger partial charge in [-0.05, 0) is 24.6 Å². The lowest BCUT2D eigenvalue weighted by atomic mass is 10.0. The molecule has 1 N–H and O–H groups in total. The zero-order valence-electron chi connectivity index (χ0n) is 9.76. The predicted molar refractivity (Wildman–Crippen MR) is 69.9 cm³/mol. The molecule has 2 aromatic carbocycles. The number of carbonyl (C=O) groups is 1. The van der Waals surface area contributed by atoms with Gasteiger partial charge in [-0.1, -0.05) is 48.5 Å². The number of carbonyl (C=O) groups excluding carboxylic acids is 1. The molecule has 17 heavy (non-hydrogen) atoms. The number of Topliss-reactive ketones (excluding diaryl/α,β-unsaturated/α-hetero) is 1. The third-order valence-corrected chi connectivity index (χ3v) is 2.62. The van der Waals surface area contributed by atoms with Gasteiger partial charge in [-0.2, -0.15) is 0 Å². The van der Waals surface area contributed by atoms with E-state index in [9.17, 15) is 4.79 Å². The van der Waals surface area contributed by atoms with E-state index in [0.717, 1.165) is 11.3 Å². The van der Waals surface area contributed by atoms with Crippen molar-refractivity contribution in [1.82, 2.24) is 0 Å². The molecule has 0 aliphatic heterocycles. The second-order valence-corrected chi connectivity index (χ2v) is 3.96. The van der Waals surface area contributed by atoms with Crippen molar-refractivity contribution in [3.8, 4) is 0 Å². The molecule has 1 unspecified atom stereocenters. The minimum atomic E-state index is -0.279. The second-order valence-electron chi connectivity index (χ2n) is 3.96. The van der Waals surface area contributed by atoms with Crippen molar-refractivity contribution in [2.24, 2.45) is 0 Å². The maximum Gasteiger partial charge on any atom is 0.156 e. The quantitative estimate of drug-likeness (QED) is 0.863. The monoisotopic (exact) mass is 225 g/mol. The van der Waals surface area contributed by atoms with Crippen LogP contribution in [0.2, 0.25) is 0 Å². The Morgan fingerprint density at radius 2 is 1.47 bits per heavy atom. The third kappa shape index (κ3) is 2.94. The number of para-hydroxylation sites is 1. The highest BCUT2D eigenvalue weighted by atomic mass is 16.1. The van der Waals surface area contributed by atoms with Gasteiger partial charge >= 0.3 is 0 Å². The first-order valence-corrected chi connectivity index (χ1v) is 5.64. The average Bonchev–Trinajstić information content (AvgIpc) is 2.38. The van der Waals surface area contributed by atoms with Crippen LogP contribution in [0, 0.1) is 0 Å². The molecule has 0 radical (unpaired) electrons. The summed E-state index contributed by atoms with van der Waals surface area (Å²) in [5.74, 6) is 0.111. The van der Waals surface area contributed by atoms with E-state index in [-0.39, 0.29) is 11.8 Å². The largest absolute Gasteiger partial charge is 0.372 e. The minimum Gasteiger partial charge on any atom is -0.372 e. The number of hydrogen-bond acceptors (Lipinski definition) is 2. The van der Waals surface area contributed by atoms with Gasteiger partial charge in [-0.25, -0.2) is 0 Å². The highest BCUT2D eigenvalue weighted by Crippen LogP contribution is 2.19. The van der Waals surface area contributed by atoms with Crippen LogP contribution in [0.1, 0.15) is 18.5 Å². The first-order chi connectivity index (χ1) is 8.27. The first kappa shape index (κ1) is 11.4. The van der Waals surface area contributed by atoms with Crippen molar-refractivity contribution >= 4 is 11.5 Å². The molecule has 86 valence electrons. The number of benzene rings is 2. The molecule has 0 bridgehead atoms. The van der Waals surface area contributed by atoms with Crippen molar-refractivity contribution in [2.75, 3.05) is 5.32 Å². The summed E-state index contributed by atoms with van der Waals surface area (Å²) in [7, 11) is 0. The van der Waals surface area contributed by atoms with Crippen molar-refractivity contribution in [3.63, 3.8) is 0 Å². The minimum absolute atomic E-state index is 0.111. The molecule has 0 heterocycles. The molecule has 0 aliphatic rings. The summed E-state index contributed by atoms with van der Waals surface area (Å²) >= 11 is 0. The summed E-state index contributed by atoms with van der Waals surface area (Å²) in [6.45, 7) is 1.60. The molecule has 0 saturated heterocycles. The Morgan fingerprint density at radius 1 is 0.941 bits per heavy atom. The SMILES string of the molecule is CC(=O)C(Nc1ccccc1)c1ccccc1. The summed E-state index contributed by atoms with van der Waals surface area (Å²) in [5, 5.41) is 3.25. The lowest BCUT2D eigenvalue weighted by molar-refractivity contribution is -0.117. The normalized spacial score (nSPS) is 11.8. The van der Waals surface area contributed by atoms with E-state index in [2.05, 4.69) is 5.32 Å². The van der Waals surface area contributed by atoms with Gasteiger partial charge < -0.3 is 5.32 Å². The van der Waals surface area contributed by atoms with Crippen molar-refractivity contribution in [2.45, 2.75) is 13.0 Å². The fraction of sp³-hybridized carbons (Fsp3) is 0.133. The summed E-state index contributed by atoms with van der Waals surface area (Å²) in [5.41, 5.74) is 1.94. The van der Waals surface area contributed by atoms with Gasteiger partial charge in [-0.15, -0.1) is 0 Å². The van der Waals surface area contributed by atoms with E-state index in [0.29, 0.717) is 0 Å². The lowest BCUT2D eigenvalue weighted by Crippen LogP contribution is -2.18. The molecule has 0 amide bonds. The highest BCUT2D eigenvalue weighted by molar-refractivity contribution is 5.85. The van der Waals surface area contributed by atoms with Crippen LogP contribution in [0.5, 0.6) is 0 Å². The summed E-state index contributed by atoms with van der Waals surface area (Å²) in [6.07, 6.45) is 0. The van der Waals surface area contributed by atoms with E-state index in [1.165, 1.54) is 0 Å². The Kier molecular flexibility index (Phi) is 3.55. The van der Waals surface area contributed by atoms with Gasteiger partial charge in [0.1, 0.15) is 6.04 Å². The number of rotatable bonds is 4. The molecule has 2 aromatic rings. The lowest BCUT2D eigenvalue weighted by Gasteiger charge is -2.17. The van der Waals surface area contributed by atoms with Crippen LogP contribution in [0.25, 0.3) is 0 Å². The van der Waals surface area contributed by atoms with Crippen molar-refractivity contribution in [3.05, 3.63) is 66.2 Å². The Balaban J connectivity index is 2.23. The fourth-order valence-corrected chi connectivity index (χ4v) is 1.77. The van der Waals surface area contributed by atoms with Crippen LogP contribution in [-0.2, 0) is 4.79 Å². The molecule has 2 nitrogen and oxygen atoms in total. The molecule has 1 atom stereocenters. The smallest absolute Gasteiger partial charge is 0.156 e. The maximum absolute atomic E-state index is 11.7. The fourth-order valence-electron chi connectivity index (χ4n) is 1.77. The van der Waals surface area contributed by atoms with Crippen LogP contribution in [-0.4, -0.2) is 5.78 Å². The van der Waals surface area contributed by atoms with Crippen LogP contribution < -0.4 is 5.32 Å². The van der Waals surface area contributed by atoms with Crippen LogP contribution >= 0.6 is 0 Å².